The Kier molecular flexibility index (Phi) is 4.11. The normalized spacial score (nSPS) is 32.7. The van der Waals surface area contributed by atoms with Crippen molar-refractivity contribution in [2.45, 2.75) is 41.2 Å². The molecule has 2 atom stereocenters. The third-order valence-electron chi connectivity index (χ3n) is 1.90. The summed E-state index contributed by atoms with van der Waals surface area (Å²) in [6, 6.07) is 0. The summed E-state index contributed by atoms with van der Waals surface area (Å²) >= 11 is 5.36. The van der Waals surface area contributed by atoms with E-state index in [-0.39, 0.29) is 10.2 Å². The second-order valence-corrected chi connectivity index (χ2v) is 5.89. The standard InChI is InChI=1S/C7H11ClF2Se/c8-5-3-1-2-4-6(5)11-7(9)10/h5-7H,1-4H2/t5-,6-/m1/s1. The molecule has 0 spiro atoms. The molecule has 0 bridgehead atoms. The van der Waals surface area contributed by atoms with Gasteiger partial charge in [0.25, 0.3) is 0 Å². The molecule has 1 aliphatic rings. The molecule has 0 N–H and O–H groups in total. The Morgan fingerprint density at radius 3 is 2.45 bits per heavy atom. The van der Waals surface area contributed by atoms with Crippen molar-refractivity contribution in [3.05, 3.63) is 0 Å². The number of rotatable bonds is 2. The average Bonchev–Trinajstić information content (AvgIpc) is 1.93. The zero-order chi connectivity index (χ0) is 8.27. The summed E-state index contributed by atoms with van der Waals surface area (Å²) in [6.45, 7) is 0. The van der Waals surface area contributed by atoms with Gasteiger partial charge in [-0.1, -0.05) is 0 Å². The second kappa shape index (κ2) is 4.64. The summed E-state index contributed by atoms with van der Waals surface area (Å²) in [5, 5.41) is -2.09. The minimum absolute atomic E-state index is 0.0257. The molecule has 1 rings (SSSR count). The first-order chi connectivity index (χ1) is 5.20. The molecule has 4 heteroatoms. The molecule has 0 amide bonds. The Morgan fingerprint density at radius 2 is 1.91 bits per heavy atom. The van der Waals surface area contributed by atoms with Gasteiger partial charge in [0, 0.05) is 0 Å². The van der Waals surface area contributed by atoms with Gasteiger partial charge in [-0.05, 0) is 0 Å². The monoisotopic (exact) mass is 248 g/mol. The molecule has 0 aromatic rings. The van der Waals surface area contributed by atoms with Gasteiger partial charge in [0.1, 0.15) is 0 Å². The van der Waals surface area contributed by atoms with E-state index in [0.717, 1.165) is 25.7 Å². The molecule has 1 aliphatic carbocycles. The molecule has 0 heterocycles. The summed E-state index contributed by atoms with van der Waals surface area (Å²) < 4.78 is 23.9. The Hall–Kier alpha value is 0.669. The molecule has 11 heavy (non-hydrogen) atoms. The first-order valence-electron chi connectivity index (χ1n) is 3.78. The fourth-order valence-electron chi connectivity index (χ4n) is 1.34. The van der Waals surface area contributed by atoms with Crippen LogP contribution in [0.3, 0.4) is 0 Å². The van der Waals surface area contributed by atoms with Gasteiger partial charge in [-0.25, -0.2) is 0 Å². The van der Waals surface area contributed by atoms with E-state index < -0.39 is 20.3 Å². The van der Waals surface area contributed by atoms with Crippen LogP contribution in [0.4, 0.5) is 8.78 Å². The third-order valence-corrected chi connectivity index (χ3v) is 5.11. The van der Waals surface area contributed by atoms with Gasteiger partial charge in [0.05, 0.1) is 0 Å². The fraction of sp³-hybridized carbons (Fsp3) is 1.00. The van der Waals surface area contributed by atoms with Crippen LogP contribution in [-0.2, 0) is 0 Å². The maximum absolute atomic E-state index is 12.0. The van der Waals surface area contributed by atoms with Gasteiger partial charge in [-0.3, -0.25) is 0 Å². The summed E-state index contributed by atoms with van der Waals surface area (Å²) in [6.07, 6.45) is 4.05. The molecule has 66 valence electrons. The van der Waals surface area contributed by atoms with E-state index in [0.29, 0.717) is 0 Å². The van der Waals surface area contributed by atoms with Gasteiger partial charge in [-0.15, -0.1) is 0 Å². The first-order valence-corrected chi connectivity index (χ1v) is 6.19. The quantitative estimate of drug-likeness (QED) is 0.520. The summed E-state index contributed by atoms with van der Waals surface area (Å²) in [7, 11) is 0. The van der Waals surface area contributed by atoms with Gasteiger partial charge >= 0.3 is 76.5 Å². The van der Waals surface area contributed by atoms with Crippen molar-refractivity contribution in [2.75, 3.05) is 0 Å². The molecular formula is C7H11ClF2Se. The predicted molar refractivity (Wildman–Crippen MR) is 43.6 cm³/mol. The average molecular weight is 248 g/mol. The van der Waals surface area contributed by atoms with Crippen LogP contribution in [0.5, 0.6) is 0 Å². The molecule has 0 radical (unpaired) electrons. The zero-order valence-corrected chi connectivity index (χ0v) is 8.57. The zero-order valence-electron chi connectivity index (χ0n) is 6.10. The van der Waals surface area contributed by atoms with Crippen LogP contribution in [0.15, 0.2) is 0 Å². The van der Waals surface area contributed by atoms with E-state index in [1.807, 2.05) is 0 Å². The molecule has 0 aromatic carbocycles. The topological polar surface area (TPSA) is 0 Å². The molecule has 0 unspecified atom stereocenters. The van der Waals surface area contributed by atoms with E-state index in [9.17, 15) is 8.78 Å². The molecule has 0 saturated heterocycles. The first kappa shape index (κ1) is 9.76. The predicted octanol–water partition coefficient (Wildman–Crippen LogP) is 2.88. The van der Waals surface area contributed by atoms with Crippen LogP contribution in [0, 0.1) is 0 Å². The van der Waals surface area contributed by atoms with E-state index >= 15 is 0 Å². The van der Waals surface area contributed by atoms with Crippen LogP contribution in [0.25, 0.3) is 0 Å². The van der Waals surface area contributed by atoms with Crippen LogP contribution in [0.1, 0.15) is 25.7 Å². The van der Waals surface area contributed by atoms with E-state index in [1.165, 1.54) is 0 Å². The summed E-state index contributed by atoms with van der Waals surface area (Å²) in [4.78, 5) is 0.123. The number of alkyl halides is 3. The molecular weight excluding hydrogens is 236 g/mol. The number of hydrogen-bond donors (Lipinski definition) is 0. The molecule has 0 aliphatic heterocycles. The third kappa shape index (κ3) is 3.27. The van der Waals surface area contributed by atoms with Crippen molar-refractivity contribution in [2.24, 2.45) is 0 Å². The van der Waals surface area contributed by atoms with Crippen molar-refractivity contribution in [1.29, 1.82) is 0 Å². The Bertz CT molecular complexity index is 121. The van der Waals surface area contributed by atoms with Crippen LogP contribution in [0.2, 0.25) is 4.82 Å². The molecule has 0 aromatic heterocycles. The van der Waals surface area contributed by atoms with Gasteiger partial charge in [0.2, 0.25) is 0 Å². The maximum atomic E-state index is 12.0. The minimum atomic E-state index is -2.12. The van der Waals surface area contributed by atoms with Crippen LogP contribution < -0.4 is 0 Å². The van der Waals surface area contributed by atoms with E-state index in [2.05, 4.69) is 0 Å². The van der Waals surface area contributed by atoms with Crippen molar-refractivity contribution < 1.29 is 8.78 Å². The Balaban J connectivity index is 2.29. The molecule has 0 nitrogen and oxygen atoms in total. The Labute approximate surface area is 76.8 Å². The summed E-state index contributed by atoms with van der Waals surface area (Å²) in [5.74, 6) is 0. The molecule has 1 saturated carbocycles. The second-order valence-electron chi connectivity index (χ2n) is 2.74. The number of hydrogen-bond acceptors (Lipinski definition) is 0. The molecule has 1 fully saturated rings. The van der Waals surface area contributed by atoms with Crippen molar-refractivity contribution >= 4 is 26.6 Å². The number of halogens is 3. The Morgan fingerprint density at radius 1 is 1.27 bits per heavy atom. The van der Waals surface area contributed by atoms with Gasteiger partial charge in [-0.2, -0.15) is 0 Å². The van der Waals surface area contributed by atoms with Crippen molar-refractivity contribution in [3.8, 4) is 0 Å². The SMILES string of the molecule is FC(F)[Se][C@@H]1CCCC[C@H]1Cl. The van der Waals surface area contributed by atoms with Gasteiger partial charge < -0.3 is 0 Å². The van der Waals surface area contributed by atoms with Crippen LogP contribution >= 0.6 is 11.6 Å². The van der Waals surface area contributed by atoms with E-state index in [4.69, 9.17) is 11.6 Å². The van der Waals surface area contributed by atoms with Crippen LogP contribution in [-0.4, -0.2) is 25.7 Å². The fourth-order valence-corrected chi connectivity index (χ4v) is 3.76. The van der Waals surface area contributed by atoms with Crippen molar-refractivity contribution in [1.82, 2.24) is 0 Å². The summed E-state index contributed by atoms with van der Waals surface area (Å²) in [5.41, 5.74) is 0. The van der Waals surface area contributed by atoms with E-state index in [1.54, 1.807) is 0 Å². The van der Waals surface area contributed by atoms with Crippen molar-refractivity contribution in [3.63, 3.8) is 0 Å². The van der Waals surface area contributed by atoms with Gasteiger partial charge in [0.15, 0.2) is 0 Å².